The molecule has 1 aromatic carbocycles. The van der Waals surface area contributed by atoms with Crippen LogP contribution in [-0.4, -0.2) is 24.9 Å². The summed E-state index contributed by atoms with van der Waals surface area (Å²) in [6.45, 7) is 4.09. The van der Waals surface area contributed by atoms with E-state index in [-0.39, 0.29) is 35.5 Å². The smallest absolute Gasteiger partial charge is 0.337 e. The predicted molar refractivity (Wildman–Crippen MR) is 91.7 cm³/mol. The van der Waals surface area contributed by atoms with Gasteiger partial charge in [0.1, 0.15) is 0 Å². The van der Waals surface area contributed by atoms with Gasteiger partial charge in [-0.25, -0.2) is 9.69 Å². The second-order valence-corrected chi connectivity index (χ2v) is 6.99. The van der Waals surface area contributed by atoms with Crippen LogP contribution in [0.2, 0.25) is 0 Å². The molecule has 1 aromatic rings. The Kier molecular flexibility index (Phi) is 3.42. The lowest BCUT2D eigenvalue weighted by atomic mass is 9.85. The first-order valence-corrected chi connectivity index (χ1v) is 8.37. The molecule has 2 amide bonds. The molecular formula is C20H19NO4. The molecule has 128 valence electrons. The number of imide groups is 1. The predicted octanol–water partition coefficient (Wildman–Crippen LogP) is 2.73. The molecule has 3 aliphatic rings. The fourth-order valence-electron chi connectivity index (χ4n) is 4.55. The summed E-state index contributed by atoms with van der Waals surface area (Å²) in [5.41, 5.74) is 3.33. The highest BCUT2D eigenvalue weighted by Crippen LogP contribution is 2.57. The van der Waals surface area contributed by atoms with Crippen LogP contribution in [0.4, 0.5) is 5.69 Å². The van der Waals surface area contributed by atoms with Crippen molar-refractivity contribution in [3.8, 4) is 0 Å². The number of hydrogen-bond donors (Lipinski definition) is 0. The number of hydrogen-bond acceptors (Lipinski definition) is 4. The Hall–Kier alpha value is -2.69. The van der Waals surface area contributed by atoms with Gasteiger partial charge >= 0.3 is 5.97 Å². The van der Waals surface area contributed by atoms with E-state index in [9.17, 15) is 14.4 Å². The third-order valence-electron chi connectivity index (χ3n) is 5.54. The lowest BCUT2D eigenvalue weighted by Gasteiger charge is -2.19. The highest BCUT2D eigenvalue weighted by Gasteiger charge is 2.61. The molecule has 2 bridgehead atoms. The van der Waals surface area contributed by atoms with Crippen molar-refractivity contribution in [1.82, 2.24) is 0 Å². The molecule has 5 heteroatoms. The molecule has 0 aromatic heterocycles. The minimum absolute atomic E-state index is 0.0378. The van der Waals surface area contributed by atoms with Gasteiger partial charge in [-0.05, 0) is 38.1 Å². The van der Waals surface area contributed by atoms with Gasteiger partial charge in [-0.3, -0.25) is 9.59 Å². The molecule has 0 unspecified atom stereocenters. The van der Waals surface area contributed by atoms with E-state index in [0.29, 0.717) is 11.3 Å². The Morgan fingerprint density at radius 1 is 0.960 bits per heavy atom. The number of fused-ring (bicyclic) bond motifs is 5. The summed E-state index contributed by atoms with van der Waals surface area (Å²) in [6, 6.07) is 6.40. The number of allylic oxidation sites excluding steroid dienone is 4. The number of amides is 2. The highest BCUT2D eigenvalue weighted by molar-refractivity contribution is 6.23. The van der Waals surface area contributed by atoms with E-state index in [1.807, 2.05) is 13.8 Å². The topological polar surface area (TPSA) is 63.7 Å². The maximum Gasteiger partial charge on any atom is 0.337 e. The van der Waals surface area contributed by atoms with Gasteiger partial charge in [0.2, 0.25) is 11.8 Å². The number of ether oxygens (including phenoxy) is 1. The van der Waals surface area contributed by atoms with Gasteiger partial charge in [0.15, 0.2) is 0 Å². The monoisotopic (exact) mass is 337 g/mol. The summed E-state index contributed by atoms with van der Waals surface area (Å²) in [5.74, 6) is -1.25. The third kappa shape index (κ3) is 2.05. The Labute approximate surface area is 146 Å². The first kappa shape index (κ1) is 15.8. The van der Waals surface area contributed by atoms with Crippen LogP contribution in [-0.2, 0) is 14.3 Å². The van der Waals surface area contributed by atoms with Crippen LogP contribution in [0.3, 0.4) is 0 Å². The van der Waals surface area contributed by atoms with Crippen molar-refractivity contribution in [1.29, 1.82) is 0 Å². The lowest BCUT2D eigenvalue weighted by Crippen LogP contribution is -2.33. The Bertz CT molecular complexity index is 811. The normalized spacial score (nSPS) is 29.4. The molecule has 1 heterocycles. The third-order valence-corrected chi connectivity index (χ3v) is 5.54. The molecule has 4 rings (SSSR count). The van der Waals surface area contributed by atoms with Crippen LogP contribution >= 0.6 is 0 Å². The average molecular weight is 337 g/mol. The Balaban J connectivity index is 1.68. The van der Waals surface area contributed by atoms with Crippen LogP contribution in [0.1, 0.15) is 24.2 Å². The van der Waals surface area contributed by atoms with Crippen LogP contribution in [0.5, 0.6) is 0 Å². The second kappa shape index (κ2) is 5.41. The number of rotatable bonds is 2. The number of anilines is 1. The first-order valence-electron chi connectivity index (χ1n) is 8.37. The molecule has 0 spiro atoms. The van der Waals surface area contributed by atoms with Gasteiger partial charge in [0.25, 0.3) is 0 Å². The standard InChI is InChI=1S/C20H19NO4/c1-10(2)15-13-8-9-14(15)17-16(13)18(22)21(19(17)23)12-6-4-11(5-7-12)20(24)25-3/h4-9,13-14,16-17H,1-3H3/t13-,14-,16-,17-/m0/s1. The average Bonchev–Trinajstić information content (AvgIpc) is 3.24. The van der Waals surface area contributed by atoms with Crippen molar-refractivity contribution in [2.24, 2.45) is 23.7 Å². The van der Waals surface area contributed by atoms with Crippen molar-refractivity contribution in [2.75, 3.05) is 12.0 Å². The molecule has 5 nitrogen and oxygen atoms in total. The Morgan fingerprint density at radius 3 is 1.92 bits per heavy atom. The van der Waals surface area contributed by atoms with Crippen molar-refractivity contribution in [3.05, 3.63) is 53.1 Å². The van der Waals surface area contributed by atoms with Crippen LogP contribution in [0.25, 0.3) is 0 Å². The number of methoxy groups -OCH3 is 1. The fourth-order valence-corrected chi connectivity index (χ4v) is 4.55. The maximum atomic E-state index is 13.0. The van der Waals surface area contributed by atoms with Gasteiger partial charge in [-0.2, -0.15) is 0 Å². The summed E-state index contributed by atoms with van der Waals surface area (Å²) >= 11 is 0. The van der Waals surface area contributed by atoms with E-state index in [1.165, 1.54) is 23.2 Å². The summed E-state index contributed by atoms with van der Waals surface area (Å²) < 4.78 is 4.68. The number of carbonyl (C=O) groups is 3. The summed E-state index contributed by atoms with van der Waals surface area (Å²) in [5, 5.41) is 0. The highest BCUT2D eigenvalue weighted by atomic mass is 16.5. The van der Waals surface area contributed by atoms with E-state index in [4.69, 9.17) is 0 Å². The summed E-state index contributed by atoms with van der Waals surface area (Å²) in [7, 11) is 1.31. The lowest BCUT2D eigenvalue weighted by molar-refractivity contribution is -0.122. The number of carbonyl (C=O) groups excluding carboxylic acids is 3. The number of esters is 1. The van der Waals surface area contributed by atoms with Gasteiger partial charge in [-0.15, -0.1) is 0 Å². The van der Waals surface area contributed by atoms with Crippen LogP contribution in [0, 0.1) is 23.7 Å². The zero-order valence-electron chi connectivity index (χ0n) is 14.4. The summed E-state index contributed by atoms with van der Waals surface area (Å²) in [4.78, 5) is 38.8. The van der Waals surface area contributed by atoms with E-state index in [2.05, 4.69) is 16.9 Å². The molecule has 4 atom stereocenters. The number of nitrogens with zero attached hydrogens (tertiary/aromatic N) is 1. The Morgan fingerprint density at radius 2 is 1.48 bits per heavy atom. The van der Waals surface area contributed by atoms with Crippen molar-refractivity contribution in [3.63, 3.8) is 0 Å². The van der Waals surface area contributed by atoms with Gasteiger partial charge in [0.05, 0.1) is 30.2 Å². The largest absolute Gasteiger partial charge is 0.465 e. The van der Waals surface area contributed by atoms with Crippen molar-refractivity contribution in [2.45, 2.75) is 13.8 Å². The van der Waals surface area contributed by atoms with E-state index < -0.39 is 5.97 Å². The molecular weight excluding hydrogens is 318 g/mol. The van der Waals surface area contributed by atoms with Crippen molar-refractivity contribution >= 4 is 23.5 Å². The molecule has 2 fully saturated rings. The minimum Gasteiger partial charge on any atom is -0.465 e. The molecule has 25 heavy (non-hydrogen) atoms. The quantitative estimate of drug-likeness (QED) is 0.473. The fraction of sp³-hybridized carbons (Fsp3) is 0.350. The van der Waals surface area contributed by atoms with Crippen molar-refractivity contribution < 1.29 is 19.1 Å². The molecule has 1 saturated heterocycles. The second-order valence-electron chi connectivity index (χ2n) is 6.99. The van der Waals surface area contributed by atoms with E-state index >= 15 is 0 Å². The zero-order chi connectivity index (χ0) is 17.9. The van der Waals surface area contributed by atoms with E-state index in [0.717, 1.165) is 0 Å². The number of benzene rings is 1. The van der Waals surface area contributed by atoms with Gasteiger partial charge in [0, 0.05) is 11.8 Å². The van der Waals surface area contributed by atoms with Crippen LogP contribution < -0.4 is 4.90 Å². The summed E-state index contributed by atoms with van der Waals surface area (Å²) in [6.07, 6.45) is 4.15. The molecule has 1 aliphatic heterocycles. The molecule has 0 radical (unpaired) electrons. The van der Waals surface area contributed by atoms with Gasteiger partial charge < -0.3 is 4.74 Å². The first-order chi connectivity index (χ1) is 12.0. The van der Waals surface area contributed by atoms with E-state index in [1.54, 1.807) is 24.3 Å². The molecule has 2 aliphatic carbocycles. The molecule has 0 N–H and O–H groups in total. The minimum atomic E-state index is -0.446. The maximum absolute atomic E-state index is 13.0. The SMILES string of the molecule is COC(=O)c1ccc(N2C(=O)[C@@H]3[C@@H](C2=O)[C@H]2C=C[C@H]3C2=C(C)C)cc1. The van der Waals surface area contributed by atoms with Gasteiger partial charge in [-0.1, -0.05) is 23.3 Å². The molecule has 1 saturated carbocycles. The zero-order valence-corrected chi connectivity index (χ0v) is 14.4. The van der Waals surface area contributed by atoms with Crippen LogP contribution in [0.15, 0.2) is 47.6 Å².